The van der Waals surface area contributed by atoms with Gasteiger partial charge in [0.25, 0.3) is 0 Å². The fraction of sp³-hybridized carbons (Fsp3) is 0.727. The monoisotopic (exact) mass is 397 g/mol. The van der Waals surface area contributed by atoms with Crippen LogP contribution < -0.4 is 4.90 Å². The number of rotatable bonds is 3. The SMILES string of the molecule is COCC(=O)N1CCCC2(CCc3c(N4CC(C#N)C4)nc(C(C)(C)C)nc32)C1. The van der Waals surface area contributed by atoms with Gasteiger partial charge in [0.05, 0.1) is 17.7 Å². The van der Waals surface area contributed by atoms with Crippen LogP contribution in [0.25, 0.3) is 0 Å². The number of carbonyl (C=O) groups excluding carboxylic acids is 1. The van der Waals surface area contributed by atoms with Gasteiger partial charge < -0.3 is 14.5 Å². The minimum Gasteiger partial charge on any atom is -0.375 e. The van der Waals surface area contributed by atoms with Crippen LogP contribution in [0.15, 0.2) is 0 Å². The molecular weight excluding hydrogens is 366 g/mol. The van der Waals surface area contributed by atoms with Crippen LogP contribution in [0, 0.1) is 17.2 Å². The minimum absolute atomic E-state index is 0.0601. The lowest BCUT2D eigenvalue weighted by atomic mass is 9.77. The van der Waals surface area contributed by atoms with Crippen molar-refractivity contribution in [3.63, 3.8) is 0 Å². The van der Waals surface area contributed by atoms with Crippen molar-refractivity contribution in [3.05, 3.63) is 17.1 Å². The molecule has 2 aliphatic heterocycles. The van der Waals surface area contributed by atoms with E-state index in [9.17, 15) is 10.1 Å². The number of piperidine rings is 1. The molecule has 0 saturated carbocycles. The molecule has 1 aromatic rings. The number of hydrogen-bond donors (Lipinski definition) is 0. The third-order valence-corrected chi connectivity index (χ3v) is 6.57. The molecule has 3 heterocycles. The zero-order valence-electron chi connectivity index (χ0n) is 18.0. The van der Waals surface area contributed by atoms with Crippen molar-refractivity contribution in [2.75, 3.05) is 44.8 Å². The van der Waals surface area contributed by atoms with Crippen molar-refractivity contribution >= 4 is 11.7 Å². The van der Waals surface area contributed by atoms with Gasteiger partial charge in [-0.05, 0) is 25.7 Å². The average Bonchev–Trinajstić information content (AvgIpc) is 2.98. The molecule has 7 nitrogen and oxygen atoms in total. The maximum absolute atomic E-state index is 12.5. The van der Waals surface area contributed by atoms with Crippen molar-refractivity contribution in [1.82, 2.24) is 14.9 Å². The Labute approximate surface area is 173 Å². The Bertz CT molecular complexity index is 850. The van der Waals surface area contributed by atoms with Gasteiger partial charge in [0, 0.05) is 49.7 Å². The van der Waals surface area contributed by atoms with Crippen molar-refractivity contribution in [1.29, 1.82) is 5.26 Å². The van der Waals surface area contributed by atoms with Crippen LogP contribution in [0.3, 0.4) is 0 Å². The highest BCUT2D eigenvalue weighted by Gasteiger charge is 2.47. The minimum atomic E-state index is -0.159. The fourth-order valence-electron chi connectivity index (χ4n) is 4.91. The number of nitriles is 1. The van der Waals surface area contributed by atoms with Gasteiger partial charge in [-0.2, -0.15) is 5.26 Å². The van der Waals surface area contributed by atoms with Crippen LogP contribution in [0.2, 0.25) is 0 Å². The van der Waals surface area contributed by atoms with Gasteiger partial charge in [-0.1, -0.05) is 20.8 Å². The molecule has 0 radical (unpaired) electrons. The second-order valence-electron chi connectivity index (χ2n) is 9.81. The van der Waals surface area contributed by atoms with E-state index >= 15 is 0 Å². The summed E-state index contributed by atoms with van der Waals surface area (Å²) in [6, 6.07) is 2.36. The first-order chi connectivity index (χ1) is 13.8. The highest BCUT2D eigenvalue weighted by molar-refractivity contribution is 5.77. The first kappa shape index (κ1) is 20.1. The van der Waals surface area contributed by atoms with E-state index in [1.165, 1.54) is 5.56 Å². The second-order valence-corrected chi connectivity index (χ2v) is 9.81. The number of amides is 1. The lowest BCUT2D eigenvalue weighted by Crippen LogP contribution is -2.49. The molecule has 1 unspecified atom stereocenters. The summed E-state index contributed by atoms with van der Waals surface area (Å²) in [4.78, 5) is 26.8. The molecule has 1 aromatic heterocycles. The molecule has 2 fully saturated rings. The number of nitrogens with zero attached hydrogens (tertiary/aromatic N) is 5. The predicted molar refractivity (Wildman–Crippen MR) is 110 cm³/mol. The Hall–Kier alpha value is -2.20. The van der Waals surface area contributed by atoms with Crippen LogP contribution in [0.5, 0.6) is 0 Å². The summed E-state index contributed by atoms with van der Waals surface area (Å²) in [5.41, 5.74) is 2.12. The summed E-state index contributed by atoms with van der Waals surface area (Å²) in [6.45, 7) is 9.55. The molecule has 0 bridgehead atoms. The maximum Gasteiger partial charge on any atom is 0.248 e. The molecule has 3 aliphatic rings. The van der Waals surface area contributed by atoms with Crippen molar-refractivity contribution in [2.24, 2.45) is 5.92 Å². The van der Waals surface area contributed by atoms with Gasteiger partial charge in [-0.25, -0.2) is 9.97 Å². The molecule has 1 atom stereocenters. The Morgan fingerprint density at radius 3 is 2.72 bits per heavy atom. The summed E-state index contributed by atoms with van der Waals surface area (Å²) < 4.78 is 5.08. The van der Waals surface area contributed by atoms with Crippen LogP contribution in [-0.4, -0.2) is 60.7 Å². The zero-order valence-corrected chi connectivity index (χ0v) is 18.0. The molecule has 4 rings (SSSR count). The second kappa shape index (κ2) is 7.24. The third-order valence-electron chi connectivity index (χ3n) is 6.57. The molecule has 1 spiro atoms. The van der Waals surface area contributed by atoms with E-state index < -0.39 is 0 Å². The number of ether oxygens (including phenoxy) is 1. The van der Waals surface area contributed by atoms with Crippen molar-refractivity contribution in [2.45, 2.75) is 57.3 Å². The molecule has 1 amide bonds. The Balaban J connectivity index is 1.73. The number of fused-ring (bicyclic) bond motifs is 2. The number of methoxy groups -OCH3 is 1. The predicted octanol–water partition coefficient (Wildman–Crippen LogP) is 2.19. The summed E-state index contributed by atoms with van der Waals surface area (Å²) in [5, 5.41) is 9.19. The van der Waals surface area contributed by atoms with E-state index in [1.54, 1.807) is 7.11 Å². The molecule has 7 heteroatoms. The first-order valence-corrected chi connectivity index (χ1v) is 10.6. The maximum atomic E-state index is 12.5. The average molecular weight is 398 g/mol. The summed E-state index contributed by atoms with van der Waals surface area (Å²) >= 11 is 0. The van der Waals surface area contributed by atoms with Crippen molar-refractivity contribution in [3.8, 4) is 6.07 Å². The van der Waals surface area contributed by atoms with Crippen LogP contribution in [0.1, 0.15) is 57.1 Å². The number of aromatic nitrogens is 2. The number of hydrogen-bond acceptors (Lipinski definition) is 6. The van der Waals surface area contributed by atoms with E-state index in [-0.39, 0.29) is 29.3 Å². The molecule has 2 saturated heterocycles. The topological polar surface area (TPSA) is 82.4 Å². The first-order valence-electron chi connectivity index (χ1n) is 10.6. The summed E-state index contributed by atoms with van der Waals surface area (Å²) in [6.07, 6.45) is 3.98. The van der Waals surface area contributed by atoms with Gasteiger partial charge in [0.2, 0.25) is 5.91 Å². The quantitative estimate of drug-likeness (QED) is 0.778. The van der Waals surface area contributed by atoms with Crippen LogP contribution in [0.4, 0.5) is 5.82 Å². The summed E-state index contributed by atoms with van der Waals surface area (Å²) in [7, 11) is 1.57. The molecular formula is C22H31N5O2. The standard InChI is InChI=1S/C22H31N5O2/c1-21(2,3)20-24-18-16(19(25-20)27-11-15(10-23)12-27)6-8-22(18)7-5-9-26(14-22)17(28)13-29-4/h15H,5-9,11-14H2,1-4H3. The van der Waals surface area contributed by atoms with E-state index in [0.717, 1.165) is 62.7 Å². The van der Waals surface area contributed by atoms with Crippen molar-refractivity contribution < 1.29 is 9.53 Å². The number of anilines is 1. The number of carbonyl (C=O) groups is 1. The Morgan fingerprint density at radius 2 is 2.07 bits per heavy atom. The smallest absolute Gasteiger partial charge is 0.248 e. The lowest BCUT2D eigenvalue weighted by Gasteiger charge is -2.41. The number of likely N-dealkylation sites (tertiary alicyclic amines) is 1. The third kappa shape index (κ3) is 3.48. The van der Waals surface area contributed by atoms with Gasteiger partial charge in [0.1, 0.15) is 18.2 Å². The molecule has 1 aliphatic carbocycles. The fourth-order valence-corrected chi connectivity index (χ4v) is 4.91. The van der Waals surface area contributed by atoms with E-state index in [4.69, 9.17) is 14.7 Å². The molecule has 29 heavy (non-hydrogen) atoms. The van der Waals surface area contributed by atoms with Gasteiger partial charge >= 0.3 is 0 Å². The summed E-state index contributed by atoms with van der Waals surface area (Å²) in [5.74, 6) is 2.02. The van der Waals surface area contributed by atoms with Gasteiger partial charge in [-0.3, -0.25) is 4.79 Å². The Kier molecular flexibility index (Phi) is 5.02. The van der Waals surface area contributed by atoms with Gasteiger partial charge in [0.15, 0.2) is 0 Å². The van der Waals surface area contributed by atoms with E-state index in [2.05, 4.69) is 31.7 Å². The molecule has 0 N–H and O–H groups in total. The normalized spacial score (nSPS) is 24.4. The highest BCUT2D eigenvalue weighted by atomic mass is 16.5. The van der Waals surface area contributed by atoms with E-state index in [0.29, 0.717) is 6.54 Å². The highest BCUT2D eigenvalue weighted by Crippen LogP contribution is 2.47. The van der Waals surface area contributed by atoms with Gasteiger partial charge in [-0.15, -0.1) is 0 Å². The molecule has 156 valence electrons. The largest absolute Gasteiger partial charge is 0.375 e. The zero-order chi connectivity index (χ0) is 20.8. The van der Waals surface area contributed by atoms with Crippen LogP contribution in [-0.2, 0) is 26.8 Å². The molecule has 0 aromatic carbocycles. The van der Waals surface area contributed by atoms with Crippen LogP contribution >= 0.6 is 0 Å². The lowest BCUT2D eigenvalue weighted by molar-refractivity contribution is -0.137. The van der Waals surface area contributed by atoms with E-state index in [1.807, 2.05) is 4.90 Å². The Morgan fingerprint density at radius 1 is 1.31 bits per heavy atom.